The van der Waals surface area contributed by atoms with E-state index in [0.717, 1.165) is 45.1 Å². The molecular formula is C12H23N3O. The molecule has 0 radical (unpaired) electrons. The highest BCUT2D eigenvalue weighted by Gasteiger charge is 2.26. The van der Waals surface area contributed by atoms with Crippen LogP contribution in [0.1, 0.15) is 32.6 Å². The highest BCUT2D eigenvalue weighted by atomic mass is 16.1. The molecule has 1 amide bonds. The molecule has 2 aliphatic heterocycles. The molecule has 2 rings (SSSR count). The minimum atomic E-state index is 0.111. The molecule has 2 heterocycles. The van der Waals surface area contributed by atoms with Crippen LogP contribution in [0.15, 0.2) is 0 Å². The van der Waals surface area contributed by atoms with Crippen LogP contribution in [-0.2, 0) is 4.79 Å². The highest BCUT2D eigenvalue weighted by Crippen LogP contribution is 2.18. The van der Waals surface area contributed by atoms with Gasteiger partial charge in [0.1, 0.15) is 0 Å². The topological polar surface area (TPSA) is 44.4 Å². The predicted octanol–water partition coefficient (Wildman–Crippen LogP) is 0.339. The molecule has 0 aromatic carbocycles. The number of likely N-dealkylation sites (tertiary alicyclic amines) is 1. The summed E-state index contributed by atoms with van der Waals surface area (Å²) in [5.41, 5.74) is 0. The van der Waals surface area contributed by atoms with Gasteiger partial charge < -0.3 is 15.5 Å². The molecule has 16 heavy (non-hydrogen) atoms. The first-order valence-corrected chi connectivity index (χ1v) is 6.47. The van der Waals surface area contributed by atoms with Crippen molar-refractivity contribution < 1.29 is 4.79 Å². The van der Waals surface area contributed by atoms with Gasteiger partial charge in [-0.3, -0.25) is 4.79 Å². The van der Waals surface area contributed by atoms with E-state index in [1.54, 1.807) is 6.92 Å². The van der Waals surface area contributed by atoms with Gasteiger partial charge in [0.25, 0.3) is 0 Å². The Labute approximate surface area is 97.8 Å². The van der Waals surface area contributed by atoms with E-state index in [9.17, 15) is 4.79 Å². The zero-order valence-electron chi connectivity index (χ0n) is 10.2. The third-order valence-corrected chi connectivity index (χ3v) is 3.76. The Balaban J connectivity index is 1.73. The molecule has 0 aliphatic carbocycles. The first-order valence-electron chi connectivity index (χ1n) is 6.47. The molecule has 0 spiro atoms. The molecule has 4 nitrogen and oxygen atoms in total. The van der Waals surface area contributed by atoms with Crippen LogP contribution in [0, 0.1) is 0 Å². The summed E-state index contributed by atoms with van der Waals surface area (Å²) in [6.45, 7) is 6.23. The molecule has 2 aliphatic rings. The normalized spacial score (nSPS) is 25.6. The fourth-order valence-corrected chi connectivity index (χ4v) is 2.87. The van der Waals surface area contributed by atoms with Gasteiger partial charge in [-0.1, -0.05) is 0 Å². The van der Waals surface area contributed by atoms with Gasteiger partial charge in [-0.05, 0) is 38.8 Å². The van der Waals surface area contributed by atoms with E-state index in [4.69, 9.17) is 0 Å². The van der Waals surface area contributed by atoms with Gasteiger partial charge in [-0.15, -0.1) is 0 Å². The van der Waals surface area contributed by atoms with Gasteiger partial charge in [-0.25, -0.2) is 0 Å². The summed E-state index contributed by atoms with van der Waals surface area (Å²) in [6.07, 6.45) is 4.79. The zero-order chi connectivity index (χ0) is 11.4. The number of hydrogen-bond acceptors (Lipinski definition) is 3. The van der Waals surface area contributed by atoms with Crippen molar-refractivity contribution in [2.24, 2.45) is 0 Å². The Kier molecular flexibility index (Phi) is 4.18. The Hall–Kier alpha value is -0.610. The molecule has 2 N–H and O–H groups in total. The van der Waals surface area contributed by atoms with Crippen molar-refractivity contribution >= 4 is 5.91 Å². The largest absolute Gasteiger partial charge is 0.354 e. The van der Waals surface area contributed by atoms with E-state index in [1.807, 2.05) is 0 Å². The van der Waals surface area contributed by atoms with E-state index >= 15 is 0 Å². The van der Waals surface area contributed by atoms with Crippen LogP contribution >= 0.6 is 0 Å². The average molecular weight is 225 g/mol. The lowest BCUT2D eigenvalue weighted by Crippen LogP contribution is -2.50. The fraction of sp³-hybridized carbons (Fsp3) is 0.917. The Morgan fingerprint density at radius 2 is 1.81 bits per heavy atom. The van der Waals surface area contributed by atoms with Crippen LogP contribution in [-0.4, -0.2) is 49.1 Å². The molecular weight excluding hydrogens is 202 g/mol. The summed E-state index contributed by atoms with van der Waals surface area (Å²) < 4.78 is 0. The number of nitrogens with zero attached hydrogens (tertiary/aromatic N) is 1. The van der Waals surface area contributed by atoms with Gasteiger partial charge in [-0.2, -0.15) is 0 Å². The van der Waals surface area contributed by atoms with Gasteiger partial charge in [0.2, 0.25) is 5.91 Å². The lowest BCUT2D eigenvalue weighted by molar-refractivity contribution is -0.120. The molecule has 0 aromatic heterocycles. The number of carbonyl (C=O) groups is 1. The molecule has 0 unspecified atom stereocenters. The lowest BCUT2D eigenvalue weighted by Gasteiger charge is -2.39. The summed E-state index contributed by atoms with van der Waals surface area (Å²) in [5, 5.41) is 6.43. The van der Waals surface area contributed by atoms with Gasteiger partial charge >= 0.3 is 0 Å². The summed E-state index contributed by atoms with van der Waals surface area (Å²) >= 11 is 0. The number of amides is 1. The molecule has 0 bridgehead atoms. The predicted molar refractivity (Wildman–Crippen MR) is 64.3 cm³/mol. The molecule has 0 aromatic rings. The Bertz CT molecular complexity index is 230. The molecule has 2 saturated heterocycles. The second-order valence-electron chi connectivity index (χ2n) is 4.99. The molecule has 0 atom stereocenters. The van der Waals surface area contributed by atoms with Gasteiger partial charge in [0.05, 0.1) is 0 Å². The first-order chi connectivity index (χ1) is 7.75. The maximum atomic E-state index is 11.0. The van der Waals surface area contributed by atoms with Crippen LogP contribution in [0.2, 0.25) is 0 Å². The highest BCUT2D eigenvalue weighted by molar-refractivity contribution is 5.73. The van der Waals surface area contributed by atoms with Crippen LogP contribution in [0.25, 0.3) is 0 Å². The SMILES string of the molecule is CC(=O)NC1CCN(C2CCNCC2)CC1. The van der Waals surface area contributed by atoms with Crippen LogP contribution in [0.4, 0.5) is 0 Å². The van der Waals surface area contributed by atoms with Crippen molar-refractivity contribution in [3.63, 3.8) is 0 Å². The number of nitrogens with one attached hydrogen (secondary N) is 2. The molecule has 2 fully saturated rings. The van der Waals surface area contributed by atoms with Gasteiger partial charge in [0.15, 0.2) is 0 Å². The van der Waals surface area contributed by atoms with E-state index in [2.05, 4.69) is 15.5 Å². The van der Waals surface area contributed by atoms with Gasteiger partial charge in [0, 0.05) is 32.1 Å². The number of rotatable bonds is 2. The maximum absolute atomic E-state index is 11.0. The van der Waals surface area contributed by atoms with E-state index in [0.29, 0.717) is 6.04 Å². The zero-order valence-corrected chi connectivity index (χ0v) is 10.2. The molecule has 4 heteroatoms. The fourth-order valence-electron chi connectivity index (χ4n) is 2.87. The van der Waals surface area contributed by atoms with E-state index < -0.39 is 0 Å². The Morgan fingerprint density at radius 3 is 2.38 bits per heavy atom. The summed E-state index contributed by atoms with van der Waals surface area (Å²) in [7, 11) is 0. The minimum absolute atomic E-state index is 0.111. The second kappa shape index (κ2) is 5.64. The summed E-state index contributed by atoms with van der Waals surface area (Å²) in [6, 6.07) is 1.19. The van der Waals surface area contributed by atoms with E-state index in [1.165, 1.54) is 12.8 Å². The van der Waals surface area contributed by atoms with E-state index in [-0.39, 0.29) is 5.91 Å². The van der Waals surface area contributed by atoms with Crippen LogP contribution in [0.5, 0.6) is 0 Å². The quantitative estimate of drug-likeness (QED) is 0.712. The average Bonchev–Trinajstić information content (AvgIpc) is 2.30. The van der Waals surface area contributed by atoms with Crippen LogP contribution in [0.3, 0.4) is 0 Å². The standard InChI is InChI=1S/C12H23N3O/c1-10(16)14-11-4-8-15(9-5-11)12-2-6-13-7-3-12/h11-13H,2-9H2,1H3,(H,14,16). The van der Waals surface area contributed by atoms with Crippen molar-refractivity contribution in [3.8, 4) is 0 Å². The monoisotopic (exact) mass is 225 g/mol. The first kappa shape index (κ1) is 11.9. The second-order valence-corrected chi connectivity index (χ2v) is 4.99. The number of piperidine rings is 2. The van der Waals surface area contributed by atoms with Crippen molar-refractivity contribution in [3.05, 3.63) is 0 Å². The smallest absolute Gasteiger partial charge is 0.217 e. The number of hydrogen-bond donors (Lipinski definition) is 2. The van der Waals surface area contributed by atoms with Crippen LogP contribution < -0.4 is 10.6 Å². The van der Waals surface area contributed by atoms with Crippen molar-refractivity contribution in [1.82, 2.24) is 15.5 Å². The molecule has 92 valence electrons. The maximum Gasteiger partial charge on any atom is 0.217 e. The number of carbonyl (C=O) groups excluding carboxylic acids is 1. The third kappa shape index (κ3) is 3.19. The van der Waals surface area contributed by atoms with Crippen molar-refractivity contribution in [2.45, 2.75) is 44.7 Å². The molecule has 0 saturated carbocycles. The minimum Gasteiger partial charge on any atom is -0.354 e. The summed E-state index contributed by atoms with van der Waals surface area (Å²) in [4.78, 5) is 13.6. The lowest BCUT2D eigenvalue weighted by atomic mass is 9.98. The Morgan fingerprint density at radius 1 is 1.19 bits per heavy atom. The third-order valence-electron chi connectivity index (χ3n) is 3.76. The van der Waals surface area contributed by atoms with Crippen molar-refractivity contribution in [2.75, 3.05) is 26.2 Å². The van der Waals surface area contributed by atoms with Crippen molar-refractivity contribution in [1.29, 1.82) is 0 Å². The summed E-state index contributed by atoms with van der Waals surface area (Å²) in [5.74, 6) is 0.111.